The summed E-state index contributed by atoms with van der Waals surface area (Å²) >= 11 is 6.25. The van der Waals surface area contributed by atoms with E-state index in [4.69, 9.17) is 25.8 Å². The number of hydrazone groups is 1. The second-order valence-electron chi connectivity index (χ2n) is 6.89. The molecular formula is C25H24ClN3O5. The van der Waals surface area contributed by atoms with Gasteiger partial charge in [-0.2, -0.15) is 5.10 Å². The van der Waals surface area contributed by atoms with Crippen molar-refractivity contribution in [3.8, 4) is 17.2 Å². The van der Waals surface area contributed by atoms with Crippen LogP contribution in [0.5, 0.6) is 17.2 Å². The molecule has 176 valence electrons. The van der Waals surface area contributed by atoms with Crippen LogP contribution < -0.4 is 25.0 Å². The third-order valence-electron chi connectivity index (χ3n) is 4.48. The van der Waals surface area contributed by atoms with Crippen molar-refractivity contribution in [3.63, 3.8) is 0 Å². The average molecular weight is 482 g/mol. The predicted octanol–water partition coefficient (Wildman–Crippen LogP) is 4.53. The molecule has 0 atom stereocenters. The first kappa shape index (κ1) is 24.6. The van der Waals surface area contributed by atoms with Gasteiger partial charge in [0.25, 0.3) is 11.8 Å². The van der Waals surface area contributed by atoms with Crippen molar-refractivity contribution in [2.24, 2.45) is 5.10 Å². The van der Waals surface area contributed by atoms with Crippen LogP contribution in [0.4, 0.5) is 5.69 Å². The summed E-state index contributed by atoms with van der Waals surface area (Å²) < 4.78 is 16.2. The third kappa shape index (κ3) is 6.98. The fraction of sp³-hybridized carbons (Fsp3) is 0.160. The highest BCUT2D eigenvalue weighted by molar-refractivity contribution is 6.32. The molecule has 0 aromatic heterocycles. The van der Waals surface area contributed by atoms with Gasteiger partial charge in [0.15, 0.2) is 18.1 Å². The van der Waals surface area contributed by atoms with E-state index in [1.165, 1.54) is 13.3 Å². The lowest BCUT2D eigenvalue weighted by molar-refractivity contribution is -0.118. The summed E-state index contributed by atoms with van der Waals surface area (Å²) in [6.07, 6.45) is 1.45. The average Bonchev–Trinajstić information content (AvgIpc) is 2.84. The molecule has 3 aromatic rings. The van der Waals surface area contributed by atoms with Gasteiger partial charge in [0, 0.05) is 11.3 Å². The van der Waals surface area contributed by atoms with E-state index in [1.807, 2.05) is 25.1 Å². The summed E-state index contributed by atoms with van der Waals surface area (Å²) in [6.45, 7) is 2.10. The maximum atomic E-state index is 12.4. The first-order chi connectivity index (χ1) is 16.5. The SMILES string of the molecule is CCOc1cc(C(=O)N/N=C/c2ccc(OCC(=O)Nc3ccccc3)c(Cl)c2)ccc1OC. The molecule has 0 saturated heterocycles. The monoisotopic (exact) mass is 481 g/mol. The number of rotatable bonds is 10. The molecule has 0 bridgehead atoms. The number of para-hydroxylation sites is 1. The Hall–Kier alpha value is -4.04. The number of ether oxygens (including phenoxy) is 3. The number of carbonyl (C=O) groups is 2. The van der Waals surface area contributed by atoms with Gasteiger partial charge in [0.2, 0.25) is 0 Å². The van der Waals surface area contributed by atoms with Gasteiger partial charge in [-0.3, -0.25) is 9.59 Å². The van der Waals surface area contributed by atoms with Crippen LogP contribution >= 0.6 is 11.6 Å². The number of methoxy groups -OCH3 is 1. The molecule has 0 unspecified atom stereocenters. The van der Waals surface area contributed by atoms with Crippen LogP contribution in [0.25, 0.3) is 0 Å². The lowest BCUT2D eigenvalue weighted by Crippen LogP contribution is -2.20. The number of hydrogen-bond donors (Lipinski definition) is 2. The molecule has 0 saturated carbocycles. The Balaban J connectivity index is 1.54. The van der Waals surface area contributed by atoms with E-state index >= 15 is 0 Å². The first-order valence-electron chi connectivity index (χ1n) is 10.4. The molecule has 0 spiro atoms. The quantitative estimate of drug-likeness (QED) is 0.327. The van der Waals surface area contributed by atoms with Crippen LogP contribution in [-0.4, -0.2) is 38.4 Å². The zero-order chi connectivity index (χ0) is 24.3. The maximum Gasteiger partial charge on any atom is 0.271 e. The predicted molar refractivity (Wildman–Crippen MR) is 131 cm³/mol. The number of halogens is 1. The zero-order valence-electron chi connectivity index (χ0n) is 18.7. The van der Waals surface area contributed by atoms with Crippen LogP contribution in [-0.2, 0) is 4.79 Å². The molecule has 34 heavy (non-hydrogen) atoms. The van der Waals surface area contributed by atoms with Crippen LogP contribution in [0.15, 0.2) is 71.8 Å². The number of benzene rings is 3. The molecule has 0 aliphatic heterocycles. The van der Waals surface area contributed by atoms with Crippen molar-refractivity contribution in [2.45, 2.75) is 6.92 Å². The standard InChI is InChI=1S/C25H24ClN3O5/c1-3-33-23-14-18(10-12-22(23)32-2)25(31)29-27-15-17-9-11-21(20(26)13-17)34-16-24(30)28-19-7-5-4-6-8-19/h4-15H,3,16H2,1-2H3,(H,28,30)(H,29,31)/b27-15+. The normalized spacial score (nSPS) is 10.6. The Morgan fingerprint density at radius 1 is 0.971 bits per heavy atom. The molecule has 0 aliphatic rings. The Bertz CT molecular complexity index is 1170. The van der Waals surface area contributed by atoms with Crippen molar-refractivity contribution in [3.05, 3.63) is 82.9 Å². The number of hydrogen-bond acceptors (Lipinski definition) is 6. The minimum Gasteiger partial charge on any atom is -0.493 e. The number of anilines is 1. The Morgan fingerprint density at radius 2 is 1.74 bits per heavy atom. The first-order valence-corrected chi connectivity index (χ1v) is 10.8. The third-order valence-corrected chi connectivity index (χ3v) is 4.77. The second kappa shape index (κ2) is 12.3. The summed E-state index contributed by atoms with van der Waals surface area (Å²) in [6, 6.07) is 18.9. The van der Waals surface area contributed by atoms with Crippen LogP contribution in [0.2, 0.25) is 5.02 Å². The molecule has 0 aliphatic carbocycles. The fourth-order valence-corrected chi connectivity index (χ4v) is 3.14. The minimum atomic E-state index is -0.407. The lowest BCUT2D eigenvalue weighted by atomic mass is 10.2. The van der Waals surface area contributed by atoms with Gasteiger partial charge in [0.05, 0.1) is 25.0 Å². The highest BCUT2D eigenvalue weighted by atomic mass is 35.5. The number of carbonyl (C=O) groups excluding carboxylic acids is 2. The lowest BCUT2D eigenvalue weighted by Gasteiger charge is -2.10. The Kier molecular flexibility index (Phi) is 8.88. The molecule has 2 N–H and O–H groups in total. The van der Waals surface area contributed by atoms with Gasteiger partial charge in [-0.05, 0) is 61.0 Å². The molecule has 9 heteroatoms. The van der Waals surface area contributed by atoms with Crippen molar-refractivity contribution in [1.29, 1.82) is 0 Å². The molecular weight excluding hydrogens is 458 g/mol. The largest absolute Gasteiger partial charge is 0.493 e. The molecule has 3 rings (SSSR count). The highest BCUT2D eigenvalue weighted by Gasteiger charge is 2.11. The summed E-state index contributed by atoms with van der Waals surface area (Å²) in [5.41, 5.74) is 4.15. The van der Waals surface area contributed by atoms with Crippen molar-refractivity contribution >= 4 is 35.3 Å². The topological polar surface area (TPSA) is 98.3 Å². The van der Waals surface area contributed by atoms with Crippen molar-refractivity contribution in [1.82, 2.24) is 5.43 Å². The molecule has 3 aromatic carbocycles. The molecule has 8 nitrogen and oxygen atoms in total. The zero-order valence-corrected chi connectivity index (χ0v) is 19.5. The summed E-state index contributed by atoms with van der Waals surface area (Å²) in [4.78, 5) is 24.4. The number of nitrogens with zero attached hydrogens (tertiary/aromatic N) is 1. The molecule has 0 heterocycles. The summed E-state index contributed by atoms with van der Waals surface area (Å²) in [5.74, 6) is 0.655. The van der Waals surface area contributed by atoms with E-state index < -0.39 is 5.91 Å². The van der Waals surface area contributed by atoms with Gasteiger partial charge < -0.3 is 19.5 Å². The van der Waals surface area contributed by atoms with E-state index in [2.05, 4.69) is 15.8 Å². The van der Waals surface area contributed by atoms with Gasteiger partial charge in [-0.15, -0.1) is 0 Å². The van der Waals surface area contributed by atoms with Crippen molar-refractivity contribution < 1.29 is 23.8 Å². The van der Waals surface area contributed by atoms with Crippen LogP contribution in [0.1, 0.15) is 22.8 Å². The van der Waals surface area contributed by atoms with E-state index in [1.54, 1.807) is 48.5 Å². The molecule has 2 amide bonds. The summed E-state index contributed by atoms with van der Waals surface area (Å²) in [7, 11) is 1.53. The van der Waals surface area contributed by atoms with Gasteiger partial charge in [0.1, 0.15) is 5.75 Å². The van der Waals surface area contributed by atoms with Gasteiger partial charge >= 0.3 is 0 Å². The number of nitrogens with one attached hydrogen (secondary N) is 2. The smallest absolute Gasteiger partial charge is 0.271 e. The van der Waals surface area contributed by atoms with Crippen molar-refractivity contribution in [2.75, 3.05) is 25.6 Å². The fourth-order valence-electron chi connectivity index (χ4n) is 2.89. The molecule has 0 fully saturated rings. The van der Waals surface area contributed by atoms with Crippen LogP contribution in [0.3, 0.4) is 0 Å². The maximum absolute atomic E-state index is 12.4. The van der Waals surface area contributed by atoms with Crippen LogP contribution in [0, 0.1) is 0 Å². The van der Waals surface area contributed by atoms with E-state index in [0.717, 1.165) is 0 Å². The molecule has 0 radical (unpaired) electrons. The Labute approximate surface area is 202 Å². The van der Waals surface area contributed by atoms with E-state index in [-0.39, 0.29) is 12.5 Å². The van der Waals surface area contributed by atoms with Gasteiger partial charge in [-0.1, -0.05) is 29.8 Å². The second-order valence-corrected chi connectivity index (χ2v) is 7.30. The van der Waals surface area contributed by atoms with Gasteiger partial charge in [-0.25, -0.2) is 5.43 Å². The highest BCUT2D eigenvalue weighted by Crippen LogP contribution is 2.28. The summed E-state index contributed by atoms with van der Waals surface area (Å²) in [5, 5.41) is 7.00. The number of amides is 2. The van der Waals surface area contributed by atoms with E-state index in [9.17, 15) is 9.59 Å². The Morgan fingerprint density at radius 3 is 2.44 bits per heavy atom. The minimum absolute atomic E-state index is 0.191. The van der Waals surface area contributed by atoms with E-state index in [0.29, 0.717) is 45.7 Å².